The maximum atomic E-state index is 13.9. The summed E-state index contributed by atoms with van der Waals surface area (Å²) < 4.78 is 10.2. The molecule has 2 aromatic heterocycles. The molecule has 5 rings (SSSR count). The minimum absolute atomic E-state index is 0.0963. The molecule has 0 aliphatic heterocycles. The van der Waals surface area contributed by atoms with Crippen molar-refractivity contribution in [3.05, 3.63) is 104 Å². The van der Waals surface area contributed by atoms with Crippen molar-refractivity contribution in [3.63, 3.8) is 0 Å². The molecule has 3 aromatic carbocycles. The fraction of sp³-hybridized carbons (Fsp3) is 0.207. The largest absolute Gasteiger partial charge is 0.495 e. The second-order valence-electron chi connectivity index (χ2n) is 9.63. The predicted octanol–water partition coefficient (Wildman–Crippen LogP) is 7.57. The molecule has 0 bridgehead atoms. The Labute approximate surface area is 229 Å². The number of nitrogens with zero attached hydrogens (tertiary/aromatic N) is 3. The Morgan fingerprint density at radius 1 is 0.946 bits per heavy atom. The maximum absolute atomic E-state index is 13.9. The van der Waals surface area contributed by atoms with Crippen molar-refractivity contribution < 1.29 is 4.74 Å². The third-order valence-electron chi connectivity index (χ3n) is 6.11. The number of ether oxygens (including phenoxy) is 1. The first-order chi connectivity index (χ1) is 17.8. The lowest BCUT2D eigenvalue weighted by atomic mass is 9.87. The van der Waals surface area contributed by atoms with E-state index >= 15 is 0 Å². The number of hydrogen-bond acceptors (Lipinski definition) is 6. The molecule has 188 valence electrons. The van der Waals surface area contributed by atoms with Gasteiger partial charge < -0.3 is 4.74 Å². The van der Waals surface area contributed by atoms with Crippen LogP contribution in [0, 0.1) is 3.95 Å². The van der Waals surface area contributed by atoms with Gasteiger partial charge in [0.05, 0.1) is 18.5 Å². The van der Waals surface area contributed by atoms with Crippen molar-refractivity contribution in [2.24, 2.45) is 0 Å². The Bertz CT molecular complexity index is 1680. The number of methoxy groups -OCH3 is 1. The van der Waals surface area contributed by atoms with Gasteiger partial charge in [-0.3, -0.25) is 13.9 Å². The van der Waals surface area contributed by atoms with Crippen LogP contribution in [0.4, 0.5) is 0 Å². The Morgan fingerprint density at radius 2 is 1.62 bits per heavy atom. The van der Waals surface area contributed by atoms with E-state index in [2.05, 4.69) is 45.0 Å². The minimum Gasteiger partial charge on any atom is -0.495 e. The van der Waals surface area contributed by atoms with Gasteiger partial charge in [-0.1, -0.05) is 98.5 Å². The number of thioether (sulfide) groups is 1. The summed E-state index contributed by atoms with van der Waals surface area (Å²) in [5.74, 6) is 1.34. The molecular formula is C29H27N3O2S3. The fourth-order valence-corrected chi connectivity index (χ4v) is 6.36. The highest BCUT2D eigenvalue weighted by atomic mass is 32.2. The van der Waals surface area contributed by atoms with Gasteiger partial charge in [0.15, 0.2) is 14.8 Å². The minimum atomic E-state index is -0.133. The van der Waals surface area contributed by atoms with Crippen LogP contribution in [0.5, 0.6) is 5.75 Å². The molecule has 5 aromatic rings. The van der Waals surface area contributed by atoms with Gasteiger partial charge in [-0.25, -0.2) is 4.98 Å². The summed E-state index contributed by atoms with van der Waals surface area (Å²) in [5.41, 5.74) is 4.50. The number of rotatable bonds is 6. The van der Waals surface area contributed by atoms with Crippen LogP contribution in [0.3, 0.4) is 0 Å². The third kappa shape index (κ3) is 5.01. The summed E-state index contributed by atoms with van der Waals surface area (Å²) in [6.45, 7) is 6.62. The van der Waals surface area contributed by atoms with E-state index in [4.69, 9.17) is 21.9 Å². The maximum Gasteiger partial charge on any atom is 0.278 e. The van der Waals surface area contributed by atoms with Crippen LogP contribution in [0.2, 0.25) is 0 Å². The number of thiazole rings is 1. The fourth-order valence-electron chi connectivity index (χ4n) is 4.11. The molecule has 0 radical (unpaired) electrons. The van der Waals surface area contributed by atoms with Gasteiger partial charge in [-0.15, -0.1) is 0 Å². The molecule has 0 aliphatic rings. The quantitative estimate of drug-likeness (QED) is 0.125. The number of aromatic nitrogens is 3. The molecule has 0 unspecified atom stereocenters. The summed E-state index contributed by atoms with van der Waals surface area (Å²) in [6.07, 6.45) is 0. The zero-order valence-corrected chi connectivity index (χ0v) is 23.5. The molecule has 0 aliphatic carbocycles. The summed E-state index contributed by atoms with van der Waals surface area (Å²) in [7, 11) is 1.62. The Kier molecular flexibility index (Phi) is 7.07. The number of para-hydroxylation sites is 3. The Hall–Kier alpha value is -3.20. The van der Waals surface area contributed by atoms with E-state index in [1.807, 2.05) is 59.2 Å². The first-order valence-electron chi connectivity index (χ1n) is 11.9. The smallest absolute Gasteiger partial charge is 0.278 e. The van der Waals surface area contributed by atoms with Gasteiger partial charge in [-0.05, 0) is 53.0 Å². The molecule has 0 saturated heterocycles. The van der Waals surface area contributed by atoms with Crippen LogP contribution in [-0.2, 0) is 11.2 Å². The van der Waals surface area contributed by atoms with E-state index in [0.29, 0.717) is 31.0 Å². The zero-order chi connectivity index (χ0) is 26.2. The van der Waals surface area contributed by atoms with Gasteiger partial charge >= 0.3 is 0 Å². The molecule has 37 heavy (non-hydrogen) atoms. The lowest BCUT2D eigenvalue weighted by molar-refractivity contribution is 0.413. The zero-order valence-electron chi connectivity index (χ0n) is 21.1. The molecule has 0 saturated carbocycles. The SMILES string of the molecule is COc1ccccc1-n1c(=S)sc2c(=O)n(-c3ccccc3)c(SCc3ccc(C(C)(C)C)cc3)nc21. The van der Waals surface area contributed by atoms with Crippen molar-refractivity contribution in [3.8, 4) is 17.1 Å². The second kappa shape index (κ2) is 10.3. The summed E-state index contributed by atoms with van der Waals surface area (Å²) in [5, 5.41) is 0.611. The van der Waals surface area contributed by atoms with E-state index in [1.165, 1.54) is 34.2 Å². The average Bonchev–Trinajstić information content (AvgIpc) is 3.23. The van der Waals surface area contributed by atoms with Crippen molar-refractivity contribution in [2.75, 3.05) is 7.11 Å². The Morgan fingerprint density at radius 3 is 2.30 bits per heavy atom. The van der Waals surface area contributed by atoms with E-state index in [0.717, 1.165) is 11.4 Å². The van der Waals surface area contributed by atoms with Crippen LogP contribution in [0.25, 0.3) is 21.7 Å². The number of benzene rings is 3. The van der Waals surface area contributed by atoms with Gasteiger partial charge in [-0.2, -0.15) is 0 Å². The molecule has 2 heterocycles. The van der Waals surface area contributed by atoms with Crippen molar-refractivity contribution in [1.29, 1.82) is 0 Å². The van der Waals surface area contributed by atoms with E-state index in [1.54, 1.807) is 11.7 Å². The van der Waals surface area contributed by atoms with Gasteiger partial charge in [0, 0.05) is 5.75 Å². The average molecular weight is 546 g/mol. The third-order valence-corrected chi connectivity index (χ3v) is 8.47. The monoisotopic (exact) mass is 545 g/mol. The lowest BCUT2D eigenvalue weighted by Gasteiger charge is -2.19. The van der Waals surface area contributed by atoms with E-state index in [-0.39, 0.29) is 11.0 Å². The molecule has 0 fully saturated rings. The highest BCUT2D eigenvalue weighted by molar-refractivity contribution is 7.98. The van der Waals surface area contributed by atoms with Crippen LogP contribution in [-0.4, -0.2) is 21.2 Å². The first-order valence-corrected chi connectivity index (χ1v) is 14.1. The standard InChI is InChI=1S/C29H27N3O2S3/c1-29(2,3)20-16-14-19(15-17-20)18-36-27-30-25-24(26(33)31(27)21-10-6-5-7-11-21)37-28(35)32(25)22-12-8-9-13-23(22)34-4/h5-17H,18H2,1-4H3. The molecule has 0 N–H and O–H groups in total. The topological polar surface area (TPSA) is 49.0 Å². The first kappa shape index (κ1) is 25.4. The highest BCUT2D eigenvalue weighted by Crippen LogP contribution is 2.32. The molecule has 8 heteroatoms. The summed E-state index contributed by atoms with van der Waals surface area (Å²) in [6, 6.07) is 25.9. The molecule has 5 nitrogen and oxygen atoms in total. The van der Waals surface area contributed by atoms with Gasteiger partial charge in [0.25, 0.3) is 5.56 Å². The molecule has 0 spiro atoms. The van der Waals surface area contributed by atoms with E-state index < -0.39 is 0 Å². The van der Waals surface area contributed by atoms with Crippen molar-refractivity contribution in [2.45, 2.75) is 37.1 Å². The van der Waals surface area contributed by atoms with Crippen molar-refractivity contribution in [1.82, 2.24) is 14.1 Å². The number of fused-ring (bicyclic) bond motifs is 1. The number of hydrogen-bond donors (Lipinski definition) is 0. The summed E-state index contributed by atoms with van der Waals surface area (Å²) >= 11 is 8.53. The summed E-state index contributed by atoms with van der Waals surface area (Å²) in [4.78, 5) is 18.9. The van der Waals surface area contributed by atoms with Crippen molar-refractivity contribution >= 4 is 45.7 Å². The molecule has 0 atom stereocenters. The molecule has 0 amide bonds. The van der Waals surface area contributed by atoms with Gasteiger partial charge in [0.2, 0.25) is 0 Å². The Balaban J connectivity index is 1.66. The second-order valence-corrected chi connectivity index (χ2v) is 12.2. The van der Waals surface area contributed by atoms with Gasteiger partial charge in [0.1, 0.15) is 10.4 Å². The van der Waals surface area contributed by atoms with Crippen LogP contribution in [0.1, 0.15) is 31.9 Å². The van der Waals surface area contributed by atoms with Crippen LogP contribution < -0.4 is 10.3 Å². The highest BCUT2D eigenvalue weighted by Gasteiger charge is 2.20. The lowest BCUT2D eigenvalue weighted by Crippen LogP contribution is -2.21. The van der Waals surface area contributed by atoms with E-state index in [9.17, 15) is 4.79 Å². The van der Waals surface area contributed by atoms with Crippen LogP contribution in [0.15, 0.2) is 88.8 Å². The van der Waals surface area contributed by atoms with Crippen LogP contribution >= 0.6 is 35.3 Å². The molecular weight excluding hydrogens is 519 g/mol. The predicted molar refractivity (Wildman–Crippen MR) is 157 cm³/mol. The normalized spacial score (nSPS) is 11.7.